The van der Waals surface area contributed by atoms with Gasteiger partial charge < -0.3 is 4.57 Å². The first-order valence-corrected chi connectivity index (χ1v) is 7.91. The highest BCUT2D eigenvalue weighted by Gasteiger charge is 2.01. The van der Waals surface area contributed by atoms with Crippen LogP contribution in [0.5, 0.6) is 0 Å². The van der Waals surface area contributed by atoms with E-state index in [9.17, 15) is 0 Å². The van der Waals surface area contributed by atoms with Gasteiger partial charge in [-0.05, 0) is 77.2 Å². The third-order valence-corrected chi connectivity index (χ3v) is 3.96. The summed E-state index contributed by atoms with van der Waals surface area (Å²) >= 11 is 8.22. The summed E-state index contributed by atoms with van der Waals surface area (Å²) in [4.78, 5) is 4.54. The first-order chi connectivity index (χ1) is 10.2. The summed E-state index contributed by atoms with van der Waals surface area (Å²) in [6, 6.07) is 19.9. The van der Waals surface area contributed by atoms with Crippen LogP contribution in [0, 0.1) is 3.57 Å². The van der Waals surface area contributed by atoms with Gasteiger partial charge in [0.05, 0.1) is 17.6 Å². The maximum atomic E-state index is 5.93. The molecule has 21 heavy (non-hydrogen) atoms. The Morgan fingerprint density at radius 1 is 1.00 bits per heavy atom. The zero-order valence-corrected chi connectivity index (χ0v) is 14.0. The smallest absolute Gasteiger partial charge is 0.0641 e. The lowest BCUT2D eigenvalue weighted by atomic mass is 10.3. The molecule has 2 nitrogen and oxygen atoms in total. The largest absolute Gasteiger partial charge is 0.316 e. The molecule has 0 N–H and O–H groups in total. The SMILES string of the molecule is Clc1ccc(-n2cccc2C=Nc2cccc(I)c2)cc1. The Kier molecular flexibility index (Phi) is 4.41. The van der Waals surface area contributed by atoms with Crippen LogP contribution < -0.4 is 0 Å². The topological polar surface area (TPSA) is 17.3 Å². The van der Waals surface area contributed by atoms with Crippen LogP contribution in [-0.2, 0) is 0 Å². The van der Waals surface area contributed by atoms with Gasteiger partial charge in [0.2, 0.25) is 0 Å². The van der Waals surface area contributed by atoms with E-state index in [1.807, 2.05) is 67.0 Å². The molecule has 0 bridgehead atoms. The second-order valence-corrected chi connectivity index (χ2v) is 6.20. The van der Waals surface area contributed by atoms with E-state index in [0.717, 1.165) is 22.1 Å². The average molecular weight is 407 g/mol. The molecular weight excluding hydrogens is 395 g/mol. The maximum Gasteiger partial charge on any atom is 0.0641 e. The van der Waals surface area contributed by atoms with Crippen LogP contribution in [0.3, 0.4) is 0 Å². The summed E-state index contributed by atoms with van der Waals surface area (Å²) in [7, 11) is 0. The molecule has 2 aromatic carbocycles. The standard InChI is InChI=1S/C17H12ClIN2/c18-13-6-8-16(9-7-13)21-10-2-5-17(21)12-20-15-4-1-3-14(19)11-15/h1-12H. The number of rotatable bonds is 3. The average Bonchev–Trinajstić information content (AvgIpc) is 2.94. The molecule has 4 heteroatoms. The third kappa shape index (κ3) is 3.54. The Hall–Kier alpha value is -1.59. The summed E-state index contributed by atoms with van der Waals surface area (Å²) in [5.74, 6) is 0. The molecule has 0 aliphatic heterocycles. The number of benzene rings is 2. The third-order valence-electron chi connectivity index (χ3n) is 3.04. The minimum Gasteiger partial charge on any atom is -0.316 e. The molecule has 0 radical (unpaired) electrons. The lowest BCUT2D eigenvalue weighted by Gasteiger charge is -2.06. The fourth-order valence-corrected chi connectivity index (χ4v) is 2.69. The number of hydrogen-bond acceptors (Lipinski definition) is 1. The van der Waals surface area contributed by atoms with Crippen LogP contribution in [-0.4, -0.2) is 10.8 Å². The van der Waals surface area contributed by atoms with Crippen LogP contribution in [0.1, 0.15) is 5.69 Å². The van der Waals surface area contributed by atoms with Crippen molar-refractivity contribution in [3.8, 4) is 5.69 Å². The van der Waals surface area contributed by atoms with Crippen molar-refractivity contribution >= 4 is 46.1 Å². The van der Waals surface area contributed by atoms with Crippen molar-refractivity contribution in [1.82, 2.24) is 4.57 Å². The van der Waals surface area contributed by atoms with Gasteiger partial charge in [-0.1, -0.05) is 17.7 Å². The van der Waals surface area contributed by atoms with Gasteiger partial charge in [0.25, 0.3) is 0 Å². The van der Waals surface area contributed by atoms with Crippen LogP contribution in [0.15, 0.2) is 71.9 Å². The van der Waals surface area contributed by atoms with E-state index >= 15 is 0 Å². The number of aromatic nitrogens is 1. The summed E-state index contributed by atoms with van der Waals surface area (Å²) < 4.78 is 3.25. The number of aliphatic imine (C=N–C) groups is 1. The summed E-state index contributed by atoms with van der Waals surface area (Å²) in [6.45, 7) is 0. The Bertz CT molecular complexity index is 775. The predicted octanol–water partition coefficient (Wildman–Crippen LogP) is 5.49. The van der Waals surface area contributed by atoms with E-state index in [-0.39, 0.29) is 0 Å². The number of halogens is 2. The maximum absolute atomic E-state index is 5.93. The van der Waals surface area contributed by atoms with Gasteiger partial charge in [0.15, 0.2) is 0 Å². The Morgan fingerprint density at radius 2 is 1.81 bits per heavy atom. The van der Waals surface area contributed by atoms with Crippen molar-refractivity contribution in [1.29, 1.82) is 0 Å². The summed E-state index contributed by atoms with van der Waals surface area (Å²) in [5.41, 5.74) is 3.04. The molecule has 0 saturated carbocycles. The van der Waals surface area contributed by atoms with E-state index in [4.69, 9.17) is 11.6 Å². The van der Waals surface area contributed by atoms with E-state index in [1.165, 1.54) is 3.57 Å². The Morgan fingerprint density at radius 3 is 2.57 bits per heavy atom. The van der Waals surface area contributed by atoms with Gasteiger partial charge in [-0.15, -0.1) is 0 Å². The van der Waals surface area contributed by atoms with E-state index in [0.29, 0.717) is 0 Å². The highest BCUT2D eigenvalue weighted by Crippen LogP contribution is 2.18. The van der Waals surface area contributed by atoms with E-state index in [1.54, 1.807) is 0 Å². The van der Waals surface area contributed by atoms with Crippen molar-refractivity contribution in [3.63, 3.8) is 0 Å². The second-order valence-electron chi connectivity index (χ2n) is 4.52. The number of nitrogens with zero attached hydrogens (tertiary/aromatic N) is 2. The molecule has 1 heterocycles. The summed E-state index contributed by atoms with van der Waals surface area (Å²) in [6.07, 6.45) is 3.89. The monoisotopic (exact) mass is 406 g/mol. The van der Waals surface area contributed by atoms with Crippen molar-refractivity contribution in [3.05, 3.63) is 81.1 Å². The van der Waals surface area contributed by atoms with Gasteiger partial charge in [-0.25, -0.2) is 0 Å². The highest BCUT2D eigenvalue weighted by atomic mass is 127. The molecule has 0 fully saturated rings. The molecule has 0 aliphatic carbocycles. The lowest BCUT2D eigenvalue weighted by molar-refractivity contribution is 1.07. The zero-order valence-electron chi connectivity index (χ0n) is 11.1. The van der Waals surface area contributed by atoms with Gasteiger partial charge >= 0.3 is 0 Å². The van der Waals surface area contributed by atoms with Crippen molar-refractivity contribution in [2.24, 2.45) is 4.99 Å². The highest BCUT2D eigenvalue weighted by molar-refractivity contribution is 14.1. The quantitative estimate of drug-likeness (QED) is 0.404. The predicted molar refractivity (Wildman–Crippen MR) is 97.2 cm³/mol. The molecule has 3 aromatic rings. The summed E-state index contributed by atoms with van der Waals surface area (Å²) in [5, 5.41) is 0.736. The first kappa shape index (κ1) is 14.4. The van der Waals surface area contributed by atoms with Gasteiger partial charge in [-0.3, -0.25) is 4.99 Å². The van der Waals surface area contributed by atoms with Crippen LogP contribution in [0.4, 0.5) is 5.69 Å². The molecule has 104 valence electrons. The molecule has 0 amide bonds. The van der Waals surface area contributed by atoms with Crippen LogP contribution in [0.2, 0.25) is 5.02 Å². The molecule has 0 unspecified atom stereocenters. The number of hydrogen-bond donors (Lipinski definition) is 0. The van der Waals surface area contributed by atoms with Crippen LogP contribution >= 0.6 is 34.2 Å². The van der Waals surface area contributed by atoms with Crippen LogP contribution in [0.25, 0.3) is 5.69 Å². The second kappa shape index (κ2) is 6.45. The van der Waals surface area contributed by atoms with E-state index < -0.39 is 0 Å². The molecule has 1 aromatic heterocycles. The minimum atomic E-state index is 0.736. The molecular formula is C17H12ClIN2. The Balaban J connectivity index is 1.91. The van der Waals surface area contributed by atoms with Crippen molar-refractivity contribution in [2.45, 2.75) is 0 Å². The lowest BCUT2D eigenvalue weighted by Crippen LogP contribution is -1.97. The normalized spacial score (nSPS) is 11.1. The first-order valence-electron chi connectivity index (χ1n) is 6.45. The van der Waals surface area contributed by atoms with Gasteiger partial charge in [0, 0.05) is 20.5 Å². The van der Waals surface area contributed by atoms with Gasteiger partial charge in [0.1, 0.15) is 0 Å². The molecule has 0 aliphatic rings. The minimum absolute atomic E-state index is 0.736. The zero-order chi connectivity index (χ0) is 14.7. The molecule has 3 rings (SSSR count). The molecule has 0 saturated heterocycles. The molecule has 0 spiro atoms. The van der Waals surface area contributed by atoms with Gasteiger partial charge in [-0.2, -0.15) is 0 Å². The molecule has 0 atom stereocenters. The van der Waals surface area contributed by atoms with Crippen molar-refractivity contribution < 1.29 is 0 Å². The fraction of sp³-hybridized carbons (Fsp3) is 0. The van der Waals surface area contributed by atoms with E-state index in [2.05, 4.69) is 38.2 Å². The Labute approximate surface area is 142 Å². The fourth-order valence-electron chi connectivity index (χ4n) is 2.03. The van der Waals surface area contributed by atoms with Crippen molar-refractivity contribution in [2.75, 3.05) is 0 Å².